The van der Waals surface area contributed by atoms with Crippen LogP contribution in [0.25, 0.3) is 0 Å². The van der Waals surface area contributed by atoms with Crippen LogP contribution >= 0.6 is 23.2 Å². The van der Waals surface area contributed by atoms with E-state index in [4.69, 9.17) is 23.2 Å². The summed E-state index contributed by atoms with van der Waals surface area (Å²) in [5.41, 5.74) is 3.57. The third-order valence-corrected chi connectivity index (χ3v) is 3.97. The van der Waals surface area contributed by atoms with Crippen molar-refractivity contribution in [2.75, 3.05) is 30.2 Å². The van der Waals surface area contributed by atoms with Crippen LogP contribution in [0.3, 0.4) is 0 Å². The van der Waals surface area contributed by atoms with Gasteiger partial charge in [-0.25, -0.2) is 4.79 Å². The molecule has 110 valence electrons. The molecule has 5 heteroatoms. The molecule has 0 bridgehead atoms. The molecule has 0 heterocycles. The largest absolute Gasteiger partial charge is 0.322 e. The fourth-order valence-corrected chi connectivity index (χ4v) is 3.02. The summed E-state index contributed by atoms with van der Waals surface area (Å²) in [6.45, 7) is 1.02. The summed E-state index contributed by atoms with van der Waals surface area (Å²) in [4.78, 5) is 13.9. The molecule has 1 aliphatic carbocycles. The molecular formula is C15H20Cl2N2O. The molecule has 0 saturated carbocycles. The number of amides is 2. The Bertz CT molecular complexity index is 459. The molecule has 0 aliphatic heterocycles. The van der Waals surface area contributed by atoms with Gasteiger partial charge in [0.25, 0.3) is 0 Å². The summed E-state index contributed by atoms with van der Waals surface area (Å²) in [5, 5.41) is 3.01. The average molecular weight is 315 g/mol. The predicted octanol–water partition coefficient (Wildman–Crippen LogP) is 3.88. The van der Waals surface area contributed by atoms with Gasteiger partial charge in [-0.1, -0.05) is 12.1 Å². The maximum Gasteiger partial charge on any atom is 0.321 e. The SMILES string of the molecule is O=C(Nc1cccc2c1CCCC2)N(CCCl)CCCl. The summed E-state index contributed by atoms with van der Waals surface area (Å²) in [7, 11) is 0. The summed E-state index contributed by atoms with van der Waals surface area (Å²) in [5.74, 6) is 0.828. The van der Waals surface area contributed by atoms with E-state index < -0.39 is 0 Å². The number of fused-ring (bicyclic) bond motifs is 1. The lowest BCUT2D eigenvalue weighted by Crippen LogP contribution is -2.38. The van der Waals surface area contributed by atoms with Crippen LogP contribution in [0.4, 0.5) is 10.5 Å². The molecule has 2 rings (SSSR count). The van der Waals surface area contributed by atoms with Crippen molar-refractivity contribution >= 4 is 34.9 Å². The number of hydrogen-bond acceptors (Lipinski definition) is 1. The van der Waals surface area contributed by atoms with E-state index in [9.17, 15) is 4.79 Å². The number of alkyl halides is 2. The molecule has 1 aromatic carbocycles. The van der Waals surface area contributed by atoms with E-state index in [1.807, 2.05) is 12.1 Å². The summed E-state index contributed by atoms with van der Waals surface area (Å²) >= 11 is 11.5. The van der Waals surface area contributed by atoms with E-state index in [1.165, 1.54) is 24.0 Å². The zero-order valence-corrected chi connectivity index (χ0v) is 13.0. The average Bonchev–Trinajstić information content (AvgIpc) is 2.47. The first-order valence-electron chi connectivity index (χ1n) is 7.05. The van der Waals surface area contributed by atoms with Gasteiger partial charge in [-0.15, -0.1) is 23.2 Å². The molecule has 0 unspecified atom stereocenters. The second-order valence-corrected chi connectivity index (χ2v) is 5.70. The maximum absolute atomic E-state index is 12.3. The molecule has 1 aliphatic rings. The van der Waals surface area contributed by atoms with Crippen LogP contribution in [0.2, 0.25) is 0 Å². The Hall–Kier alpha value is -0.930. The molecule has 3 nitrogen and oxygen atoms in total. The molecule has 20 heavy (non-hydrogen) atoms. The van der Waals surface area contributed by atoms with Crippen molar-refractivity contribution in [2.24, 2.45) is 0 Å². The van der Waals surface area contributed by atoms with Crippen molar-refractivity contribution in [3.8, 4) is 0 Å². The Balaban J connectivity index is 2.10. The van der Waals surface area contributed by atoms with E-state index in [1.54, 1.807) is 4.90 Å². The fraction of sp³-hybridized carbons (Fsp3) is 0.533. The van der Waals surface area contributed by atoms with E-state index >= 15 is 0 Å². The van der Waals surface area contributed by atoms with Crippen molar-refractivity contribution in [2.45, 2.75) is 25.7 Å². The topological polar surface area (TPSA) is 32.3 Å². The Morgan fingerprint density at radius 2 is 1.85 bits per heavy atom. The summed E-state index contributed by atoms with van der Waals surface area (Å²) in [6.07, 6.45) is 4.56. The van der Waals surface area contributed by atoms with Gasteiger partial charge in [0.05, 0.1) is 0 Å². The number of carbonyl (C=O) groups is 1. The third kappa shape index (κ3) is 3.80. The highest BCUT2D eigenvalue weighted by molar-refractivity contribution is 6.18. The zero-order valence-electron chi connectivity index (χ0n) is 11.5. The van der Waals surface area contributed by atoms with Gasteiger partial charge < -0.3 is 10.2 Å². The molecule has 2 amide bonds. The second-order valence-electron chi connectivity index (χ2n) is 4.95. The highest BCUT2D eigenvalue weighted by Gasteiger charge is 2.17. The monoisotopic (exact) mass is 314 g/mol. The molecule has 0 atom stereocenters. The smallest absolute Gasteiger partial charge is 0.321 e. The minimum atomic E-state index is -0.120. The van der Waals surface area contributed by atoms with Crippen molar-refractivity contribution in [1.29, 1.82) is 0 Å². The number of carbonyl (C=O) groups excluding carboxylic acids is 1. The number of hydrogen-bond donors (Lipinski definition) is 1. The number of nitrogens with one attached hydrogen (secondary N) is 1. The molecule has 0 radical (unpaired) electrons. The molecule has 0 spiro atoms. The number of rotatable bonds is 5. The van der Waals surface area contributed by atoms with Gasteiger partial charge in [0, 0.05) is 30.5 Å². The summed E-state index contributed by atoms with van der Waals surface area (Å²) < 4.78 is 0. The predicted molar refractivity (Wildman–Crippen MR) is 85.1 cm³/mol. The van der Waals surface area contributed by atoms with Crippen LogP contribution in [0.1, 0.15) is 24.0 Å². The van der Waals surface area contributed by atoms with Gasteiger partial charge in [-0.3, -0.25) is 0 Å². The van der Waals surface area contributed by atoms with E-state index in [0.29, 0.717) is 24.8 Å². The summed E-state index contributed by atoms with van der Waals surface area (Å²) in [6, 6.07) is 6.01. The van der Waals surface area contributed by atoms with Crippen LogP contribution in [0, 0.1) is 0 Å². The quantitative estimate of drug-likeness (QED) is 0.822. The maximum atomic E-state index is 12.3. The normalized spacial score (nSPS) is 13.7. The lowest BCUT2D eigenvalue weighted by molar-refractivity contribution is 0.217. The Morgan fingerprint density at radius 3 is 2.55 bits per heavy atom. The number of urea groups is 1. The number of benzene rings is 1. The van der Waals surface area contributed by atoms with Gasteiger partial charge in [0.15, 0.2) is 0 Å². The van der Waals surface area contributed by atoms with Crippen molar-refractivity contribution in [1.82, 2.24) is 4.90 Å². The minimum Gasteiger partial charge on any atom is -0.322 e. The Labute approximate surface area is 130 Å². The number of nitrogens with zero attached hydrogens (tertiary/aromatic N) is 1. The van der Waals surface area contributed by atoms with E-state index in [-0.39, 0.29) is 6.03 Å². The second kappa shape index (κ2) is 7.75. The van der Waals surface area contributed by atoms with Crippen LogP contribution in [0.15, 0.2) is 18.2 Å². The Morgan fingerprint density at radius 1 is 1.15 bits per heavy atom. The van der Waals surface area contributed by atoms with Crippen LogP contribution < -0.4 is 5.32 Å². The third-order valence-electron chi connectivity index (χ3n) is 3.63. The van der Waals surface area contributed by atoms with Crippen molar-refractivity contribution < 1.29 is 4.79 Å². The molecular weight excluding hydrogens is 295 g/mol. The standard InChI is InChI=1S/C15H20Cl2N2O/c16-8-10-19(11-9-17)15(20)18-14-7-3-5-12-4-1-2-6-13(12)14/h3,5,7H,1-2,4,6,8-11H2,(H,18,20). The van der Waals surface area contributed by atoms with Gasteiger partial charge >= 0.3 is 6.03 Å². The first-order valence-corrected chi connectivity index (χ1v) is 8.11. The highest BCUT2D eigenvalue weighted by atomic mass is 35.5. The van der Waals surface area contributed by atoms with Crippen LogP contribution in [-0.4, -0.2) is 35.8 Å². The number of aryl methyl sites for hydroxylation is 1. The molecule has 1 aromatic rings. The molecule has 0 saturated heterocycles. The van der Waals surface area contributed by atoms with Crippen molar-refractivity contribution in [3.63, 3.8) is 0 Å². The first-order chi connectivity index (χ1) is 9.76. The van der Waals surface area contributed by atoms with Gasteiger partial charge in [-0.05, 0) is 42.9 Å². The van der Waals surface area contributed by atoms with E-state index in [2.05, 4.69) is 11.4 Å². The lowest BCUT2D eigenvalue weighted by Gasteiger charge is -2.24. The molecule has 0 fully saturated rings. The van der Waals surface area contributed by atoms with Crippen LogP contribution in [-0.2, 0) is 12.8 Å². The number of anilines is 1. The Kier molecular flexibility index (Phi) is 5.99. The van der Waals surface area contributed by atoms with Crippen LogP contribution in [0.5, 0.6) is 0 Å². The van der Waals surface area contributed by atoms with Gasteiger partial charge in [0.2, 0.25) is 0 Å². The highest BCUT2D eigenvalue weighted by Crippen LogP contribution is 2.28. The van der Waals surface area contributed by atoms with Gasteiger partial charge in [0.1, 0.15) is 0 Å². The molecule has 1 N–H and O–H groups in total. The minimum absolute atomic E-state index is 0.120. The van der Waals surface area contributed by atoms with E-state index in [0.717, 1.165) is 18.5 Å². The zero-order chi connectivity index (χ0) is 14.4. The number of halogens is 2. The van der Waals surface area contributed by atoms with Crippen molar-refractivity contribution in [3.05, 3.63) is 29.3 Å². The molecule has 0 aromatic heterocycles. The fourth-order valence-electron chi connectivity index (χ4n) is 2.61. The first kappa shape index (κ1) is 15.5. The lowest BCUT2D eigenvalue weighted by atomic mass is 9.90. The van der Waals surface area contributed by atoms with Gasteiger partial charge in [-0.2, -0.15) is 0 Å².